The second-order valence-electron chi connectivity index (χ2n) is 3.44. The van der Waals surface area contributed by atoms with E-state index in [1.807, 2.05) is 0 Å². The van der Waals surface area contributed by atoms with Gasteiger partial charge in [-0.3, -0.25) is 10.1 Å². The van der Waals surface area contributed by atoms with Crippen molar-refractivity contribution in [3.8, 4) is 11.8 Å². The molecule has 0 unspecified atom stereocenters. The van der Waals surface area contributed by atoms with Crippen molar-refractivity contribution in [2.24, 2.45) is 0 Å². The number of rotatable bonds is 5. The van der Waals surface area contributed by atoms with E-state index in [-0.39, 0.29) is 11.4 Å². The van der Waals surface area contributed by atoms with E-state index < -0.39 is 20.6 Å². The Kier molecular flexibility index (Phi) is 5.47. The van der Waals surface area contributed by atoms with Crippen LogP contribution in [-0.2, 0) is 10.0 Å². The van der Waals surface area contributed by atoms with E-state index in [0.717, 1.165) is 6.07 Å². The van der Waals surface area contributed by atoms with E-state index in [9.17, 15) is 18.5 Å². The molecule has 1 aromatic carbocycles. The normalized spacial score (nSPS) is 10.6. The molecular formula is C11H11BrN2O4S. The van der Waals surface area contributed by atoms with Crippen LogP contribution in [0.3, 0.4) is 0 Å². The molecule has 1 aromatic rings. The summed E-state index contributed by atoms with van der Waals surface area (Å²) in [5, 5.41) is 10.8. The van der Waals surface area contributed by atoms with E-state index in [1.165, 1.54) is 12.1 Å². The van der Waals surface area contributed by atoms with Gasteiger partial charge in [0.2, 0.25) is 10.0 Å². The molecule has 0 atom stereocenters. The molecule has 0 bridgehead atoms. The zero-order chi connectivity index (χ0) is 14.5. The highest BCUT2D eigenvalue weighted by atomic mass is 79.9. The molecule has 0 aliphatic heterocycles. The summed E-state index contributed by atoms with van der Waals surface area (Å²) < 4.78 is 26.7. The first-order valence-corrected chi connectivity index (χ1v) is 7.49. The lowest BCUT2D eigenvalue weighted by Crippen LogP contribution is -2.25. The molecule has 0 aliphatic rings. The standard InChI is InChI=1S/C11H11BrN2O4S/c1-2-3-4-7-13-19(17,18)11-8-9(12)5-6-10(11)14(15)16/h5-6,8,13H,4,7H2,1H3. The first-order chi connectivity index (χ1) is 8.88. The van der Waals surface area contributed by atoms with Crippen molar-refractivity contribution in [3.63, 3.8) is 0 Å². The highest BCUT2D eigenvalue weighted by molar-refractivity contribution is 9.10. The summed E-state index contributed by atoms with van der Waals surface area (Å²) in [6.45, 7) is 1.75. The molecular weight excluding hydrogens is 336 g/mol. The maximum atomic E-state index is 12.0. The second kappa shape index (κ2) is 6.65. The lowest BCUT2D eigenvalue weighted by atomic mass is 10.3. The zero-order valence-corrected chi connectivity index (χ0v) is 12.4. The summed E-state index contributed by atoms with van der Waals surface area (Å²) >= 11 is 3.09. The summed E-state index contributed by atoms with van der Waals surface area (Å²) in [4.78, 5) is 9.74. The molecule has 19 heavy (non-hydrogen) atoms. The Labute approximate surface area is 119 Å². The number of nitro benzene ring substituents is 1. The van der Waals surface area contributed by atoms with Crippen LogP contribution in [0.1, 0.15) is 13.3 Å². The topological polar surface area (TPSA) is 89.3 Å². The van der Waals surface area contributed by atoms with Crippen LogP contribution in [-0.4, -0.2) is 19.9 Å². The quantitative estimate of drug-likeness (QED) is 0.382. The molecule has 8 heteroatoms. The third-order valence-electron chi connectivity index (χ3n) is 2.13. The van der Waals surface area contributed by atoms with Crippen molar-refractivity contribution in [3.05, 3.63) is 32.8 Å². The van der Waals surface area contributed by atoms with Gasteiger partial charge >= 0.3 is 0 Å². The van der Waals surface area contributed by atoms with E-state index in [1.54, 1.807) is 6.92 Å². The van der Waals surface area contributed by atoms with Gasteiger partial charge in [-0.25, -0.2) is 13.1 Å². The van der Waals surface area contributed by atoms with E-state index >= 15 is 0 Å². The van der Waals surface area contributed by atoms with Gasteiger partial charge in [-0.1, -0.05) is 15.9 Å². The number of halogens is 1. The average Bonchev–Trinajstić information content (AvgIpc) is 2.34. The van der Waals surface area contributed by atoms with Crippen LogP contribution in [0.4, 0.5) is 5.69 Å². The van der Waals surface area contributed by atoms with Crippen molar-refractivity contribution >= 4 is 31.6 Å². The van der Waals surface area contributed by atoms with Gasteiger partial charge in [0, 0.05) is 23.5 Å². The Balaban J connectivity index is 3.08. The molecule has 6 nitrogen and oxygen atoms in total. The number of hydrogen-bond acceptors (Lipinski definition) is 4. The molecule has 102 valence electrons. The van der Waals surface area contributed by atoms with Crippen LogP contribution in [0.15, 0.2) is 27.6 Å². The Morgan fingerprint density at radius 3 is 2.74 bits per heavy atom. The molecule has 0 amide bonds. The number of nitrogens with zero attached hydrogens (tertiary/aromatic N) is 1. The minimum atomic E-state index is -3.93. The van der Waals surface area contributed by atoms with Gasteiger partial charge in [-0.2, -0.15) is 0 Å². The maximum Gasteiger partial charge on any atom is 0.289 e. The number of hydrogen-bond donors (Lipinski definition) is 1. The van der Waals surface area contributed by atoms with Crippen LogP contribution in [0.2, 0.25) is 0 Å². The molecule has 0 aromatic heterocycles. The van der Waals surface area contributed by atoms with Gasteiger partial charge in [-0.05, 0) is 19.1 Å². The Morgan fingerprint density at radius 2 is 2.16 bits per heavy atom. The Hall–Kier alpha value is -1.43. The van der Waals surface area contributed by atoms with Crippen LogP contribution < -0.4 is 4.72 Å². The van der Waals surface area contributed by atoms with E-state index in [2.05, 4.69) is 32.5 Å². The van der Waals surface area contributed by atoms with Gasteiger partial charge in [0.05, 0.1) is 4.92 Å². The van der Waals surface area contributed by atoms with E-state index in [4.69, 9.17) is 0 Å². The highest BCUT2D eigenvalue weighted by Crippen LogP contribution is 2.26. The molecule has 1 rings (SSSR count). The zero-order valence-electron chi connectivity index (χ0n) is 10.0. The maximum absolute atomic E-state index is 12.0. The number of benzene rings is 1. The monoisotopic (exact) mass is 346 g/mol. The summed E-state index contributed by atoms with van der Waals surface area (Å²) in [6.07, 6.45) is 0.345. The average molecular weight is 347 g/mol. The SMILES string of the molecule is CC#CCCNS(=O)(=O)c1cc(Br)ccc1[N+](=O)[O-]. The molecule has 0 heterocycles. The third kappa shape index (κ3) is 4.31. The fourth-order valence-electron chi connectivity index (χ4n) is 1.30. The molecule has 0 aliphatic carbocycles. The third-order valence-corrected chi connectivity index (χ3v) is 4.11. The van der Waals surface area contributed by atoms with Gasteiger partial charge in [0.25, 0.3) is 5.69 Å². The fraction of sp³-hybridized carbons (Fsp3) is 0.273. The molecule has 0 fully saturated rings. The molecule has 0 radical (unpaired) electrons. The van der Waals surface area contributed by atoms with Gasteiger partial charge < -0.3 is 0 Å². The fourth-order valence-corrected chi connectivity index (χ4v) is 3.04. The molecule has 0 spiro atoms. The van der Waals surface area contributed by atoms with Crippen molar-refractivity contribution in [2.45, 2.75) is 18.2 Å². The number of nitro groups is 1. The number of sulfonamides is 1. The van der Waals surface area contributed by atoms with Crippen LogP contribution in [0.5, 0.6) is 0 Å². The van der Waals surface area contributed by atoms with Gasteiger partial charge in [0.1, 0.15) is 0 Å². The van der Waals surface area contributed by atoms with Crippen molar-refractivity contribution < 1.29 is 13.3 Å². The van der Waals surface area contributed by atoms with Crippen molar-refractivity contribution in [1.29, 1.82) is 0 Å². The first-order valence-electron chi connectivity index (χ1n) is 5.21. The largest absolute Gasteiger partial charge is 0.289 e. The summed E-state index contributed by atoms with van der Waals surface area (Å²) in [5.74, 6) is 5.33. The predicted octanol–water partition coefficient (Wildman–Crippen LogP) is 2.05. The highest BCUT2D eigenvalue weighted by Gasteiger charge is 2.25. The molecule has 1 N–H and O–H groups in total. The summed E-state index contributed by atoms with van der Waals surface area (Å²) in [5.41, 5.74) is -0.461. The second-order valence-corrected chi connectivity index (χ2v) is 6.09. The molecule has 0 saturated heterocycles. The Morgan fingerprint density at radius 1 is 1.47 bits per heavy atom. The summed E-state index contributed by atoms with van der Waals surface area (Å²) in [6, 6.07) is 3.76. The van der Waals surface area contributed by atoms with Crippen LogP contribution >= 0.6 is 15.9 Å². The lowest BCUT2D eigenvalue weighted by Gasteiger charge is -2.06. The van der Waals surface area contributed by atoms with E-state index in [0.29, 0.717) is 10.9 Å². The minimum Gasteiger partial charge on any atom is -0.258 e. The van der Waals surface area contributed by atoms with Gasteiger partial charge in [0.15, 0.2) is 4.90 Å². The lowest BCUT2D eigenvalue weighted by molar-refractivity contribution is -0.387. The smallest absolute Gasteiger partial charge is 0.258 e. The first kappa shape index (κ1) is 15.6. The van der Waals surface area contributed by atoms with Gasteiger partial charge in [-0.15, -0.1) is 11.8 Å². The predicted molar refractivity (Wildman–Crippen MR) is 74.1 cm³/mol. The minimum absolute atomic E-state index is 0.104. The number of nitrogens with one attached hydrogen (secondary N) is 1. The van der Waals surface area contributed by atoms with Crippen molar-refractivity contribution in [1.82, 2.24) is 4.72 Å². The Bertz CT molecular complexity index is 646. The summed E-state index contributed by atoms with van der Waals surface area (Å²) in [7, 11) is -3.93. The van der Waals surface area contributed by atoms with Crippen LogP contribution in [0, 0.1) is 22.0 Å². The van der Waals surface area contributed by atoms with Crippen LogP contribution in [0.25, 0.3) is 0 Å². The van der Waals surface area contributed by atoms with Crippen molar-refractivity contribution in [2.75, 3.05) is 6.54 Å². The molecule has 0 saturated carbocycles.